The molecule has 156 valence electrons. The molecule has 3 rings (SSSR count). The fourth-order valence-electron chi connectivity index (χ4n) is 2.90. The number of hydrogen-bond acceptors (Lipinski definition) is 5. The van der Waals surface area contributed by atoms with Crippen LogP contribution in [0.3, 0.4) is 0 Å². The zero-order valence-electron chi connectivity index (χ0n) is 15.8. The van der Waals surface area contributed by atoms with E-state index in [0.29, 0.717) is 24.7 Å². The number of halogens is 2. The number of rotatable bonds is 6. The Hall–Kier alpha value is -2.16. The molecule has 0 spiro atoms. The number of hydrogen-bond donors (Lipinski definition) is 1. The van der Waals surface area contributed by atoms with Crippen LogP contribution < -0.4 is 19.1 Å². The largest absolute Gasteiger partial charge is 0.486 e. The molecule has 1 amide bonds. The highest BCUT2D eigenvalue weighted by atomic mass is 35.5. The third-order valence-electron chi connectivity index (χ3n) is 4.33. The molecule has 0 fully saturated rings. The van der Waals surface area contributed by atoms with Crippen LogP contribution in [-0.4, -0.2) is 40.3 Å². The number of amides is 1. The van der Waals surface area contributed by atoms with Crippen LogP contribution in [0.2, 0.25) is 10.0 Å². The fourth-order valence-corrected chi connectivity index (χ4v) is 4.21. The van der Waals surface area contributed by atoms with Gasteiger partial charge in [0.15, 0.2) is 11.5 Å². The molecule has 7 nitrogen and oxygen atoms in total. The standard InChI is InChI=1S/C19H20Cl2N2O5S/c1-12(13-6-7-16-17(10-13)28-9-8-27-16)22-18(24)11-23(29(2,25)26)15-5-3-4-14(20)19(15)21/h3-7,10,12H,8-9,11H2,1-2H3,(H,22,24). The van der Waals surface area contributed by atoms with Crippen molar-refractivity contribution in [1.82, 2.24) is 5.32 Å². The van der Waals surface area contributed by atoms with Gasteiger partial charge in [-0.15, -0.1) is 0 Å². The topological polar surface area (TPSA) is 84.9 Å². The van der Waals surface area contributed by atoms with Crippen LogP contribution in [0.5, 0.6) is 11.5 Å². The van der Waals surface area contributed by atoms with Gasteiger partial charge in [0.05, 0.1) is 28.0 Å². The van der Waals surface area contributed by atoms with Crippen molar-refractivity contribution in [1.29, 1.82) is 0 Å². The Labute approximate surface area is 179 Å². The molecule has 1 N–H and O–H groups in total. The predicted octanol–water partition coefficient (Wildman–Crippen LogP) is 3.41. The van der Waals surface area contributed by atoms with Crippen molar-refractivity contribution < 1.29 is 22.7 Å². The highest BCUT2D eigenvalue weighted by Crippen LogP contribution is 2.34. The van der Waals surface area contributed by atoms with Gasteiger partial charge >= 0.3 is 0 Å². The van der Waals surface area contributed by atoms with Crippen molar-refractivity contribution in [3.63, 3.8) is 0 Å². The first-order valence-corrected chi connectivity index (χ1v) is 11.4. The van der Waals surface area contributed by atoms with E-state index in [0.717, 1.165) is 16.1 Å². The molecule has 0 aliphatic carbocycles. The second-order valence-corrected chi connectivity index (χ2v) is 9.23. The molecule has 1 aliphatic rings. The molecule has 0 radical (unpaired) electrons. The summed E-state index contributed by atoms with van der Waals surface area (Å²) in [6, 6.07) is 9.61. The number of benzene rings is 2. The van der Waals surface area contributed by atoms with E-state index in [1.54, 1.807) is 25.1 Å². The lowest BCUT2D eigenvalue weighted by Gasteiger charge is -2.25. The van der Waals surface area contributed by atoms with Gasteiger partial charge in [0.2, 0.25) is 15.9 Å². The first kappa shape index (κ1) is 21.5. The summed E-state index contributed by atoms with van der Waals surface area (Å²) in [4.78, 5) is 12.6. The molecule has 0 saturated carbocycles. The maximum absolute atomic E-state index is 12.6. The molecule has 1 atom stereocenters. The maximum atomic E-state index is 12.6. The number of carbonyl (C=O) groups is 1. The normalized spacial score (nSPS) is 14.2. The molecule has 0 saturated heterocycles. The van der Waals surface area contributed by atoms with Gasteiger partial charge in [0, 0.05) is 0 Å². The van der Waals surface area contributed by atoms with Crippen LogP contribution in [0.1, 0.15) is 18.5 Å². The summed E-state index contributed by atoms with van der Waals surface area (Å²) in [7, 11) is -3.77. The van der Waals surface area contributed by atoms with E-state index in [4.69, 9.17) is 32.7 Å². The third-order valence-corrected chi connectivity index (χ3v) is 6.27. The van der Waals surface area contributed by atoms with Crippen molar-refractivity contribution in [2.45, 2.75) is 13.0 Å². The van der Waals surface area contributed by atoms with Crippen LogP contribution in [0.15, 0.2) is 36.4 Å². The van der Waals surface area contributed by atoms with E-state index in [1.807, 2.05) is 6.07 Å². The zero-order valence-corrected chi connectivity index (χ0v) is 18.1. The lowest BCUT2D eigenvalue weighted by Crippen LogP contribution is -2.41. The molecule has 0 aromatic heterocycles. The molecule has 1 heterocycles. The number of sulfonamides is 1. The maximum Gasteiger partial charge on any atom is 0.241 e. The SMILES string of the molecule is CC(NC(=O)CN(c1cccc(Cl)c1Cl)S(C)(=O)=O)c1ccc2c(c1)OCCO2. The summed E-state index contributed by atoms with van der Waals surface area (Å²) in [6.07, 6.45) is 1.00. The fraction of sp³-hybridized carbons (Fsp3) is 0.316. The van der Waals surface area contributed by atoms with Crippen LogP contribution in [0.25, 0.3) is 0 Å². The van der Waals surface area contributed by atoms with E-state index in [9.17, 15) is 13.2 Å². The lowest BCUT2D eigenvalue weighted by atomic mass is 10.1. The molecule has 2 aromatic rings. The number of anilines is 1. The Morgan fingerprint density at radius 1 is 1.17 bits per heavy atom. The van der Waals surface area contributed by atoms with Crippen molar-refractivity contribution >= 4 is 44.8 Å². The molecular formula is C19H20Cl2N2O5S. The zero-order chi connectivity index (χ0) is 21.2. The minimum atomic E-state index is -3.77. The average Bonchev–Trinajstić information content (AvgIpc) is 2.67. The quantitative estimate of drug-likeness (QED) is 0.716. The summed E-state index contributed by atoms with van der Waals surface area (Å²) >= 11 is 12.1. The van der Waals surface area contributed by atoms with Crippen LogP contribution in [-0.2, 0) is 14.8 Å². The van der Waals surface area contributed by atoms with E-state index in [1.165, 1.54) is 12.1 Å². The number of carbonyl (C=O) groups excluding carboxylic acids is 1. The Bertz CT molecular complexity index is 1030. The highest BCUT2D eigenvalue weighted by molar-refractivity contribution is 7.92. The monoisotopic (exact) mass is 458 g/mol. The van der Waals surface area contributed by atoms with Gasteiger partial charge in [-0.25, -0.2) is 8.42 Å². The summed E-state index contributed by atoms with van der Waals surface area (Å²) in [5.74, 6) is 0.768. The van der Waals surface area contributed by atoms with Crippen LogP contribution in [0, 0.1) is 0 Å². The molecule has 1 aliphatic heterocycles. The van der Waals surface area contributed by atoms with Gasteiger partial charge in [-0.1, -0.05) is 35.3 Å². The van der Waals surface area contributed by atoms with Crippen molar-refractivity contribution in [3.8, 4) is 11.5 Å². The van der Waals surface area contributed by atoms with Gasteiger partial charge in [0.1, 0.15) is 19.8 Å². The number of nitrogens with zero attached hydrogens (tertiary/aromatic N) is 1. The molecular weight excluding hydrogens is 439 g/mol. The van der Waals surface area contributed by atoms with Gasteiger partial charge in [0.25, 0.3) is 0 Å². The second-order valence-electron chi connectivity index (χ2n) is 6.53. The first-order valence-electron chi connectivity index (χ1n) is 8.77. The Balaban J connectivity index is 1.76. The molecule has 0 bridgehead atoms. The van der Waals surface area contributed by atoms with E-state index < -0.39 is 22.5 Å². The van der Waals surface area contributed by atoms with Gasteiger partial charge in [-0.05, 0) is 36.8 Å². The number of fused-ring (bicyclic) bond motifs is 1. The average molecular weight is 459 g/mol. The second kappa shape index (κ2) is 8.69. The Morgan fingerprint density at radius 2 is 1.86 bits per heavy atom. The summed E-state index contributed by atoms with van der Waals surface area (Å²) in [6.45, 7) is 2.31. The molecule has 29 heavy (non-hydrogen) atoms. The van der Waals surface area contributed by atoms with Crippen LogP contribution in [0.4, 0.5) is 5.69 Å². The lowest BCUT2D eigenvalue weighted by molar-refractivity contribution is -0.120. The number of nitrogens with one attached hydrogen (secondary N) is 1. The van der Waals surface area contributed by atoms with E-state index in [2.05, 4.69) is 5.32 Å². The Kier molecular flexibility index (Phi) is 6.45. The molecule has 10 heteroatoms. The molecule has 2 aromatic carbocycles. The minimum Gasteiger partial charge on any atom is -0.486 e. The third kappa shape index (κ3) is 5.07. The smallest absolute Gasteiger partial charge is 0.241 e. The van der Waals surface area contributed by atoms with Crippen molar-refractivity contribution in [2.24, 2.45) is 0 Å². The highest BCUT2D eigenvalue weighted by Gasteiger charge is 2.25. The van der Waals surface area contributed by atoms with Crippen molar-refractivity contribution in [3.05, 3.63) is 52.0 Å². The van der Waals surface area contributed by atoms with E-state index >= 15 is 0 Å². The summed E-state index contributed by atoms with van der Waals surface area (Å²) < 4.78 is 36.5. The van der Waals surface area contributed by atoms with Gasteiger partial charge in [-0.2, -0.15) is 0 Å². The van der Waals surface area contributed by atoms with Crippen LogP contribution >= 0.6 is 23.2 Å². The van der Waals surface area contributed by atoms with E-state index in [-0.39, 0.29) is 21.8 Å². The van der Waals surface area contributed by atoms with Gasteiger partial charge < -0.3 is 14.8 Å². The predicted molar refractivity (Wildman–Crippen MR) is 113 cm³/mol. The van der Waals surface area contributed by atoms with Crippen molar-refractivity contribution in [2.75, 3.05) is 30.3 Å². The summed E-state index contributed by atoms with van der Waals surface area (Å²) in [5, 5.41) is 3.05. The summed E-state index contributed by atoms with van der Waals surface area (Å²) in [5.41, 5.74) is 0.943. The number of ether oxygens (including phenoxy) is 2. The first-order chi connectivity index (χ1) is 13.7. The Morgan fingerprint density at radius 3 is 2.55 bits per heavy atom. The van der Waals surface area contributed by atoms with Gasteiger partial charge in [-0.3, -0.25) is 9.10 Å². The molecule has 1 unspecified atom stereocenters. The minimum absolute atomic E-state index is 0.0623.